The third-order valence-electron chi connectivity index (χ3n) is 1.15. The Bertz CT molecular complexity index is 181. The first kappa shape index (κ1) is 10.3. The van der Waals surface area contributed by atoms with Crippen LogP contribution >= 0.6 is 0 Å². The SMILES string of the molecule is C=C(C)C#CC(O)CC(C)C. The summed E-state index contributed by atoms with van der Waals surface area (Å²) in [5.74, 6) is 5.97. The van der Waals surface area contributed by atoms with Gasteiger partial charge in [-0.15, -0.1) is 0 Å². The molecule has 0 aromatic heterocycles. The van der Waals surface area contributed by atoms with E-state index in [-0.39, 0.29) is 0 Å². The molecule has 1 N–H and O–H groups in total. The molecule has 0 heterocycles. The van der Waals surface area contributed by atoms with Crippen molar-refractivity contribution in [1.29, 1.82) is 0 Å². The van der Waals surface area contributed by atoms with Crippen LogP contribution in [0.15, 0.2) is 12.2 Å². The van der Waals surface area contributed by atoms with Crippen LogP contribution in [0, 0.1) is 17.8 Å². The Labute approximate surface area is 69.1 Å². The fourth-order valence-electron chi connectivity index (χ4n) is 0.712. The lowest BCUT2D eigenvalue weighted by atomic mass is 10.1. The van der Waals surface area contributed by atoms with Crippen LogP contribution in [0.4, 0.5) is 0 Å². The smallest absolute Gasteiger partial charge is 0.115 e. The highest BCUT2D eigenvalue weighted by Crippen LogP contribution is 2.03. The first-order valence-corrected chi connectivity index (χ1v) is 3.87. The summed E-state index contributed by atoms with van der Waals surface area (Å²) in [7, 11) is 0. The highest BCUT2D eigenvalue weighted by Gasteiger charge is 2.01. The van der Waals surface area contributed by atoms with Crippen LogP contribution in [0.25, 0.3) is 0 Å². The van der Waals surface area contributed by atoms with Crippen LogP contribution in [0.5, 0.6) is 0 Å². The van der Waals surface area contributed by atoms with E-state index in [4.69, 9.17) is 0 Å². The lowest BCUT2D eigenvalue weighted by Gasteiger charge is -2.05. The molecule has 0 fully saturated rings. The zero-order chi connectivity index (χ0) is 8.85. The van der Waals surface area contributed by atoms with Gasteiger partial charge in [-0.25, -0.2) is 0 Å². The summed E-state index contributed by atoms with van der Waals surface area (Å²) in [6.45, 7) is 9.57. The minimum Gasteiger partial charge on any atom is -0.380 e. The molecule has 1 atom stereocenters. The number of hydrogen-bond donors (Lipinski definition) is 1. The predicted octanol–water partition coefficient (Wildman–Crippen LogP) is 1.97. The number of aliphatic hydroxyl groups is 1. The Morgan fingerprint density at radius 3 is 2.45 bits per heavy atom. The van der Waals surface area contributed by atoms with E-state index < -0.39 is 6.10 Å². The molecule has 62 valence electrons. The summed E-state index contributed by atoms with van der Waals surface area (Å²) in [6, 6.07) is 0. The van der Waals surface area contributed by atoms with Crippen molar-refractivity contribution < 1.29 is 5.11 Å². The fourth-order valence-corrected chi connectivity index (χ4v) is 0.712. The number of allylic oxidation sites excluding steroid dienone is 1. The Morgan fingerprint density at radius 2 is 2.09 bits per heavy atom. The van der Waals surface area contributed by atoms with Gasteiger partial charge < -0.3 is 5.11 Å². The van der Waals surface area contributed by atoms with E-state index in [1.54, 1.807) is 0 Å². The van der Waals surface area contributed by atoms with Gasteiger partial charge in [-0.05, 0) is 24.8 Å². The minimum atomic E-state index is -0.494. The minimum absolute atomic E-state index is 0.490. The van der Waals surface area contributed by atoms with Crippen molar-refractivity contribution in [2.45, 2.75) is 33.3 Å². The van der Waals surface area contributed by atoms with Crippen LogP contribution in [0.3, 0.4) is 0 Å². The van der Waals surface area contributed by atoms with Gasteiger partial charge in [0.05, 0.1) is 0 Å². The first-order valence-electron chi connectivity index (χ1n) is 3.87. The highest BCUT2D eigenvalue weighted by molar-refractivity contribution is 5.24. The summed E-state index contributed by atoms with van der Waals surface area (Å²) >= 11 is 0. The van der Waals surface area contributed by atoms with E-state index in [0.29, 0.717) is 5.92 Å². The highest BCUT2D eigenvalue weighted by atomic mass is 16.3. The first-order chi connectivity index (χ1) is 5.02. The van der Waals surface area contributed by atoms with Crippen molar-refractivity contribution >= 4 is 0 Å². The lowest BCUT2D eigenvalue weighted by molar-refractivity contribution is 0.204. The summed E-state index contributed by atoms with van der Waals surface area (Å²) in [5.41, 5.74) is 0.799. The van der Waals surface area contributed by atoms with Gasteiger partial charge in [0.1, 0.15) is 6.10 Å². The van der Waals surface area contributed by atoms with E-state index in [2.05, 4.69) is 32.3 Å². The summed E-state index contributed by atoms with van der Waals surface area (Å²) in [4.78, 5) is 0. The molecule has 0 spiro atoms. The number of rotatable bonds is 2. The third kappa shape index (κ3) is 7.15. The van der Waals surface area contributed by atoms with Crippen LogP contribution in [-0.2, 0) is 0 Å². The van der Waals surface area contributed by atoms with Gasteiger partial charge in [0.25, 0.3) is 0 Å². The molecule has 0 saturated carbocycles. The maximum absolute atomic E-state index is 9.25. The Morgan fingerprint density at radius 1 is 1.55 bits per heavy atom. The molecule has 0 aliphatic heterocycles. The molecule has 0 rings (SSSR count). The summed E-state index contributed by atoms with van der Waals surface area (Å²) in [5, 5.41) is 9.25. The van der Waals surface area contributed by atoms with Crippen LogP contribution < -0.4 is 0 Å². The quantitative estimate of drug-likeness (QED) is 0.600. The normalized spacial score (nSPS) is 12.1. The Balaban J connectivity index is 3.80. The van der Waals surface area contributed by atoms with E-state index in [0.717, 1.165) is 12.0 Å². The zero-order valence-electron chi connectivity index (χ0n) is 7.52. The monoisotopic (exact) mass is 152 g/mol. The van der Waals surface area contributed by atoms with Gasteiger partial charge in [-0.2, -0.15) is 0 Å². The maximum atomic E-state index is 9.25. The van der Waals surface area contributed by atoms with Crippen LogP contribution in [-0.4, -0.2) is 11.2 Å². The molecule has 1 unspecified atom stereocenters. The van der Waals surface area contributed by atoms with Gasteiger partial charge >= 0.3 is 0 Å². The second kappa shape index (κ2) is 4.98. The molecule has 0 aromatic rings. The van der Waals surface area contributed by atoms with E-state index in [9.17, 15) is 5.11 Å². The second-order valence-corrected chi connectivity index (χ2v) is 3.20. The summed E-state index contributed by atoms with van der Waals surface area (Å²) < 4.78 is 0. The molecular formula is C10H16O. The Kier molecular flexibility index (Phi) is 4.65. The van der Waals surface area contributed by atoms with Crippen LogP contribution in [0.1, 0.15) is 27.2 Å². The molecule has 0 aromatic carbocycles. The van der Waals surface area contributed by atoms with Crippen molar-refractivity contribution in [3.63, 3.8) is 0 Å². The molecule has 0 saturated heterocycles. The molecular weight excluding hydrogens is 136 g/mol. The van der Waals surface area contributed by atoms with Crippen molar-refractivity contribution in [3.8, 4) is 11.8 Å². The van der Waals surface area contributed by atoms with Crippen molar-refractivity contribution in [2.75, 3.05) is 0 Å². The maximum Gasteiger partial charge on any atom is 0.115 e. The van der Waals surface area contributed by atoms with Crippen molar-refractivity contribution in [1.82, 2.24) is 0 Å². The average molecular weight is 152 g/mol. The van der Waals surface area contributed by atoms with Crippen LogP contribution in [0.2, 0.25) is 0 Å². The summed E-state index contributed by atoms with van der Waals surface area (Å²) in [6.07, 6.45) is 0.243. The van der Waals surface area contributed by atoms with Gasteiger partial charge in [0, 0.05) is 0 Å². The van der Waals surface area contributed by atoms with Gasteiger partial charge in [0.2, 0.25) is 0 Å². The number of aliphatic hydroxyl groups excluding tert-OH is 1. The molecule has 0 aliphatic carbocycles. The molecule has 11 heavy (non-hydrogen) atoms. The molecule has 0 bridgehead atoms. The zero-order valence-corrected chi connectivity index (χ0v) is 7.52. The molecule has 1 heteroatoms. The molecule has 0 amide bonds. The molecule has 0 aliphatic rings. The average Bonchev–Trinajstić information content (AvgIpc) is 1.82. The Hall–Kier alpha value is -0.740. The van der Waals surface area contributed by atoms with E-state index >= 15 is 0 Å². The van der Waals surface area contributed by atoms with Gasteiger partial charge in [-0.1, -0.05) is 32.3 Å². The van der Waals surface area contributed by atoms with E-state index in [1.165, 1.54) is 0 Å². The fraction of sp³-hybridized carbons (Fsp3) is 0.600. The standard InChI is InChI=1S/C10H16O/c1-8(2)5-6-10(11)7-9(3)4/h9-11H,1,7H2,2-4H3. The molecule has 0 radical (unpaired) electrons. The predicted molar refractivity (Wildman–Crippen MR) is 48.1 cm³/mol. The second-order valence-electron chi connectivity index (χ2n) is 3.20. The third-order valence-corrected chi connectivity index (χ3v) is 1.15. The topological polar surface area (TPSA) is 20.2 Å². The van der Waals surface area contributed by atoms with Crippen molar-refractivity contribution in [2.24, 2.45) is 5.92 Å². The molecule has 1 nitrogen and oxygen atoms in total. The van der Waals surface area contributed by atoms with E-state index in [1.807, 2.05) is 6.92 Å². The van der Waals surface area contributed by atoms with Gasteiger partial charge in [0.15, 0.2) is 0 Å². The lowest BCUT2D eigenvalue weighted by Crippen LogP contribution is -2.06. The number of hydrogen-bond acceptors (Lipinski definition) is 1. The largest absolute Gasteiger partial charge is 0.380 e. The van der Waals surface area contributed by atoms with Crippen molar-refractivity contribution in [3.05, 3.63) is 12.2 Å². The van der Waals surface area contributed by atoms with Gasteiger partial charge in [-0.3, -0.25) is 0 Å².